The molecular weight excluding hydrogens is 607 g/mol. The van der Waals surface area contributed by atoms with E-state index in [4.69, 9.17) is 19.9 Å². The van der Waals surface area contributed by atoms with Crippen molar-refractivity contribution in [3.05, 3.63) is 152 Å². The molecule has 4 heterocycles. The average molecular weight is 632 g/mol. The molecule has 5 nitrogen and oxygen atoms in total. The van der Waals surface area contributed by atoms with E-state index in [9.17, 15) is 0 Å². The van der Waals surface area contributed by atoms with Gasteiger partial charge in [-0.1, -0.05) is 109 Å². The summed E-state index contributed by atoms with van der Waals surface area (Å²) in [6.45, 7) is 0. The molecule has 0 saturated carbocycles. The number of rotatable bonds is 4. The molecule has 4 aromatic heterocycles. The Kier molecular flexibility index (Phi) is 5.98. The van der Waals surface area contributed by atoms with Gasteiger partial charge in [-0.3, -0.25) is 4.57 Å². The number of hydrogen-bond donors (Lipinski definition) is 0. The third kappa shape index (κ3) is 4.16. The summed E-state index contributed by atoms with van der Waals surface area (Å²) in [7, 11) is 0. The molecule has 0 unspecified atom stereocenters. The lowest BCUT2D eigenvalue weighted by Gasteiger charge is -2.11. The minimum atomic E-state index is 0.654. The maximum atomic E-state index is 5.18. The van der Waals surface area contributed by atoms with Crippen LogP contribution in [0.3, 0.4) is 0 Å². The second kappa shape index (κ2) is 10.7. The number of aromatic nitrogens is 5. The Hall–Kier alpha value is -6.24. The fraction of sp³-hybridized carbons (Fsp3) is 0. The van der Waals surface area contributed by atoms with Gasteiger partial charge in [0, 0.05) is 59.5 Å². The number of hydrogen-bond acceptors (Lipinski definition) is 5. The Labute approximate surface area is 279 Å². The van der Waals surface area contributed by atoms with Crippen molar-refractivity contribution >= 4 is 64.2 Å². The number of para-hydroxylation sites is 1. The highest BCUT2D eigenvalue weighted by molar-refractivity contribution is 7.26. The van der Waals surface area contributed by atoms with E-state index in [-0.39, 0.29) is 0 Å². The summed E-state index contributed by atoms with van der Waals surface area (Å²) in [4.78, 5) is 20.1. The van der Waals surface area contributed by atoms with Crippen LogP contribution in [0.25, 0.3) is 92.7 Å². The molecule has 0 aliphatic heterocycles. The minimum Gasteiger partial charge on any atom is -0.294 e. The largest absolute Gasteiger partial charge is 0.294 e. The fourth-order valence-corrected chi connectivity index (χ4v) is 8.12. The van der Waals surface area contributed by atoms with Gasteiger partial charge in [0.25, 0.3) is 0 Å². The smallest absolute Gasteiger partial charge is 0.164 e. The van der Waals surface area contributed by atoms with Gasteiger partial charge in [-0.25, -0.2) is 19.9 Å². The average Bonchev–Trinajstić information content (AvgIpc) is 3.70. The summed E-state index contributed by atoms with van der Waals surface area (Å²) in [5, 5.41) is 6.94. The molecule has 0 amide bonds. The molecule has 6 aromatic carbocycles. The first-order chi connectivity index (χ1) is 23.8. The molecule has 0 spiro atoms. The van der Waals surface area contributed by atoms with E-state index in [1.54, 1.807) is 11.3 Å². The van der Waals surface area contributed by atoms with E-state index in [0.29, 0.717) is 17.5 Å². The number of nitrogens with zero attached hydrogens (tertiary/aromatic N) is 5. The quantitative estimate of drug-likeness (QED) is 0.194. The fourth-order valence-electron chi connectivity index (χ4n) is 6.95. The van der Waals surface area contributed by atoms with E-state index in [1.807, 2.05) is 30.5 Å². The van der Waals surface area contributed by atoms with Crippen LogP contribution >= 0.6 is 11.3 Å². The van der Waals surface area contributed by atoms with Gasteiger partial charge in [-0.05, 0) is 47.2 Å². The molecule has 48 heavy (non-hydrogen) atoms. The standard InChI is InChI=1S/C42H25N5S/c1-2-12-27(13-3-1)39-44-40(31-17-8-14-26-11-4-5-15-29(26)31)46-41(45-39)34-18-9-21-36-38(34)33-23-22-28(25-37(33)48-36)47-35-20-7-6-16-30(35)32-19-10-24-43-42(32)47/h1-25H. The van der Waals surface area contributed by atoms with Gasteiger partial charge in [0.05, 0.1) is 5.52 Å². The van der Waals surface area contributed by atoms with Crippen molar-refractivity contribution in [2.45, 2.75) is 0 Å². The van der Waals surface area contributed by atoms with Gasteiger partial charge in [0.2, 0.25) is 0 Å². The van der Waals surface area contributed by atoms with E-state index in [1.165, 1.54) is 20.2 Å². The van der Waals surface area contributed by atoms with Crippen LogP contribution in [0.4, 0.5) is 0 Å². The van der Waals surface area contributed by atoms with Crippen molar-refractivity contribution in [1.29, 1.82) is 0 Å². The molecule has 6 heteroatoms. The highest BCUT2D eigenvalue weighted by atomic mass is 32.1. The molecule has 10 rings (SSSR count). The predicted molar refractivity (Wildman–Crippen MR) is 199 cm³/mol. The summed E-state index contributed by atoms with van der Waals surface area (Å²) in [6, 6.07) is 50.7. The van der Waals surface area contributed by atoms with E-state index in [0.717, 1.165) is 55.1 Å². The van der Waals surface area contributed by atoms with Gasteiger partial charge < -0.3 is 0 Å². The van der Waals surface area contributed by atoms with Crippen molar-refractivity contribution < 1.29 is 0 Å². The van der Waals surface area contributed by atoms with Crippen LogP contribution in [0.1, 0.15) is 0 Å². The van der Waals surface area contributed by atoms with Gasteiger partial charge in [0.1, 0.15) is 5.65 Å². The molecule has 0 N–H and O–H groups in total. The van der Waals surface area contributed by atoms with Crippen LogP contribution < -0.4 is 0 Å². The zero-order valence-corrected chi connectivity index (χ0v) is 26.4. The molecule has 0 aliphatic rings. The first kappa shape index (κ1) is 26.9. The molecule has 0 fully saturated rings. The van der Waals surface area contributed by atoms with Gasteiger partial charge >= 0.3 is 0 Å². The topological polar surface area (TPSA) is 56.5 Å². The molecule has 0 aliphatic carbocycles. The number of fused-ring (bicyclic) bond motifs is 7. The van der Waals surface area contributed by atoms with Crippen molar-refractivity contribution in [2.75, 3.05) is 0 Å². The van der Waals surface area contributed by atoms with Crippen molar-refractivity contribution in [1.82, 2.24) is 24.5 Å². The maximum Gasteiger partial charge on any atom is 0.164 e. The first-order valence-corrected chi connectivity index (χ1v) is 16.7. The lowest BCUT2D eigenvalue weighted by Crippen LogP contribution is -2.00. The van der Waals surface area contributed by atoms with Crippen molar-refractivity contribution in [3.8, 4) is 39.9 Å². The number of pyridine rings is 1. The Bertz CT molecular complexity index is 2790. The predicted octanol–water partition coefficient (Wildman–Crippen LogP) is 10.9. The summed E-state index contributed by atoms with van der Waals surface area (Å²) in [5.41, 5.74) is 6.12. The Balaban J connectivity index is 1.20. The number of thiophene rings is 1. The monoisotopic (exact) mass is 631 g/mol. The highest BCUT2D eigenvalue weighted by Crippen LogP contribution is 2.41. The molecular formula is C42H25N5S. The van der Waals surface area contributed by atoms with Gasteiger partial charge in [-0.15, -0.1) is 11.3 Å². The van der Waals surface area contributed by atoms with Crippen LogP contribution in [0, 0.1) is 0 Å². The SMILES string of the molecule is c1ccc(-c2nc(-c3cccc4ccccc34)nc(-c3cccc4sc5cc(-n6c7ccccc7c7cccnc76)ccc5c34)n2)cc1. The Morgan fingerprint density at radius 1 is 0.479 bits per heavy atom. The van der Waals surface area contributed by atoms with Crippen LogP contribution in [0.15, 0.2) is 152 Å². The van der Waals surface area contributed by atoms with E-state index >= 15 is 0 Å². The zero-order valence-electron chi connectivity index (χ0n) is 25.6. The molecule has 224 valence electrons. The molecule has 10 aromatic rings. The first-order valence-electron chi connectivity index (χ1n) is 15.9. The van der Waals surface area contributed by atoms with E-state index < -0.39 is 0 Å². The minimum absolute atomic E-state index is 0.654. The molecule has 0 radical (unpaired) electrons. The van der Waals surface area contributed by atoms with Crippen LogP contribution in [0.2, 0.25) is 0 Å². The summed E-state index contributed by atoms with van der Waals surface area (Å²) >= 11 is 1.79. The second-order valence-electron chi connectivity index (χ2n) is 11.9. The van der Waals surface area contributed by atoms with Crippen LogP contribution in [-0.2, 0) is 0 Å². The molecule has 0 atom stereocenters. The highest BCUT2D eigenvalue weighted by Gasteiger charge is 2.19. The normalized spacial score (nSPS) is 11.8. The van der Waals surface area contributed by atoms with Crippen molar-refractivity contribution in [3.63, 3.8) is 0 Å². The third-order valence-electron chi connectivity index (χ3n) is 9.11. The van der Waals surface area contributed by atoms with E-state index in [2.05, 4.69) is 126 Å². The molecule has 0 bridgehead atoms. The lowest BCUT2D eigenvalue weighted by molar-refractivity contribution is 1.08. The number of benzene rings is 6. The van der Waals surface area contributed by atoms with Crippen LogP contribution in [-0.4, -0.2) is 24.5 Å². The third-order valence-corrected chi connectivity index (χ3v) is 10.2. The summed E-state index contributed by atoms with van der Waals surface area (Å²) < 4.78 is 4.65. The van der Waals surface area contributed by atoms with Gasteiger partial charge in [-0.2, -0.15) is 0 Å². The maximum absolute atomic E-state index is 5.18. The second-order valence-corrected chi connectivity index (χ2v) is 13.0. The Morgan fingerprint density at radius 2 is 1.19 bits per heavy atom. The summed E-state index contributed by atoms with van der Waals surface area (Å²) in [6.07, 6.45) is 1.87. The zero-order chi connectivity index (χ0) is 31.6. The van der Waals surface area contributed by atoms with Crippen molar-refractivity contribution in [2.24, 2.45) is 0 Å². The Morgan fingerprint density at radius 3 is 2.10 bits per heavy atom. The van der Waals surface area contributed by atoms with Crippen LogP contribution in [0.5, 0.6) is 0 Å². The summed E-state index contributed by atoms with van der Waals surface area (Å²) in [5.74, 6) is 1.97. The lowest BCUT2D eigenvalue weighted by atomic mass is 10.0. The molecule has 0 saturated heterocycles. The van der Waals surface area contributed by atoms with Gasteiger partial charge in [0.15, 0.2) is 17.5 Å².